The number of nitrogens with zero attached hydrogens (tertiary/aromatic N) is 1. The predicted octanol–water partition coefficient (Wildman–Crippen LogP) is 4.94. The number of hydrogen-bond donors (Lipinski definition) is 1. The van der Waals surface area contributed by atoms with Gasteiger partial charge in [0.25, 0.3) is 0 Å². The van der Waals surface area contributed by atoms with Crippen molar-refractivity contribution in [1.29, 1.82) is 0 Å². The molecule has 2 aliphatic rings. The fraction of sp³-hybridized carbons (Fsp3) is 0.308. The van der Waals surface area contributed by atoms with Crippen LogP contribution < -0.4 is 0 Å². The van der Waals surface area contributed by atoms with Crippen LogP contribution in [0.2, 0.25) is 0 Å². The summed E-state index contributed by atoms with van der Waals surface area (Å²) in [6.45, 7) is 2.23. The molecular weight excluding hydrogens is 342 g/mol. The Labute approximate surface area is 167 Å². The number of benzene rings is 3. The van der Waals surface area contributed by atoms with E-state index in [0.717, 1.165) is 38.8 Å². The summed E-state index contributed by atoms with van der Waals surface area (Å²) in [5.74, 6) is 0.388. The van der Waals surface area contributed by atoms with Gasteiger partial charge in [0.1, 0.15) is 5.75 Å². The quantitative estimate of drug-likeness (QED) is 0.704. The minimum absolute atomic E-state index is 0.0293. The third kappa shape index (κ3) is 3.02. The van der Waals surface area contributed by atoms with E-state index in [9.17, 15) is 5.11 Å². The van der Waals surface area contributed by atoms with Gasteiger partial charge in [0, 0.05) is 18.0 Å². The summed E-state index contributed by atoms with van der Waals surface area (Å²) in [6, 6.07) is 28.4. The second-order valence-corrected chi connectivity index (χ2v) is 8.37. The summed E-state index contributed by atoms with van der Waals surface area (Å²) in [4.78, 5) is 2.70. The summed E-state index contributed by atoms with van der Waals surface area (Å²) in [6.07, 6.45) is 4.44. The lowest BCUT2D eigenvalue weighted by atomic mass is 9.60. The third-order valence-electron chi connectivity index (χ3n) is 6.85. The van der Waals surface area contributed by atoms with E-state index in [1.54, 1.807) is 0 Å². The first-order chi connectivity index (χ1) is 13.7. The summed E-state index contributed by atoms with van der Waals surface area (Å²) in [7, 11) is 0. The lowest BCUT2D eigenvalue weighted by Gasteiger charge is -2.52. The topological polar surface area (TPSA) is 23.5 Å². The van der Waals surface area contributed by atoms with Crippen molar-refractivity contribution in [1.82, 2.24) is 4.90 Å². The number of phenolic OH excluding ortho intramolecular Hbond substituents is 1. The first-order valence-electron chi connectivity index (χ1n) is 10.4. The molecule has 142 valence electrons. The van der Waals surface area contributed by atoms with Gasteiger partial charge in [0.2, 0.25) is 0 Å². The Balaban J connectivity index is 1.47. The minimum Gasteiger partial charge on any atom is -0.508 e. The Bertz CT molecular complexity index is 953. The number of likely N-dealkylation sites (tertiary alicyclic amines) is 1. The molecule has 2 nitrogen and oxygen atoms in total. The first-order valence-corrected chi connectivity index (χ1v) is 10.4. The van der Waals surface area contributed by atoms with Gasteiger partial charge in [-0.3, -0.25) is 4.90 Å². The molecule has 0 radical (unpaired) electrons. The molecule has 2 bridgehead atoms. The number of hydrogen-bond acceptors (Lipinski definition) is 2. The predicted molar refractivity (Wildman–Crippen MR) is 114 cm³/mol. The molecule has 2 unspecified atom stereocenters. The summed E-state index contributed by atoms with van der Waals surface area (Å²) in [5.41, 5.74) is 5.60. The van der Waals surface area contributed by atoms with Crippen molar-refractivity contribution in [2.24, 2.45) is 0 Å². The second kappa shape index (κ2) is 7.10. The van der Waals surface area contributed by atoms with E-state index in [2.05, 4.69) is 71.6 Å². The average Bonchev–Trinajstić information content (AvgIpc) is 2.75. The van der Waals surface area contributed by atoms with Gasteiger partial charge in [-0.25, -0.2) is 0 Å². The van der Waals surface area contributed by atoms with Crippen molar-refractivity contribution in [3.63, 3.8) is 0 Å². The van der Waals surface area contributed by atoms with E-state index in [1.165, 1.54) is 22.3 Å². The van der Waals surface area contributed by atoms with E-state index in [4.69, 9.17) is 0 Å². The van der Waals surface area contributed by atoms with Crippen LogP contribution in [0.4, 0.5) is 0 Å². The molecule has 0 spiro atoms. The Morgan fingerprint density at radius 3 is 2.46 bits per heavy atom. The lowest BCUT2D eigenvalue weighted by Crippen LogP contribution is -2.54. The zero-order valence-electron chi connectivity index (χ0n) is 16.2. The van der Waals surface area contributed by atoms with Crippen molar-refractivity contribution < 1.29 is 5.11 Å². The molecule has 1 aliphatic heterocycles. The van der Waals surface area contributed by atoms with E-state index >= 15 is 0 Å². The van der Waals surface area contributed by atoms with E-state index < -0.39 is 0 Å². The highest BCUT2D eigenvalue weighted by molar-refractivity contribution is 5.50. The van der Waals surface area contributed by atoms with Crippen LogP contribution in [0.1, 0.15) is 35.1 Å². The van der Waals surface area contributed by atoms with Crippen LogP contribution in [-0.4, -0.2) is 29.1 Å². The highest BCUT2D eigenvalue weighted by Gasteiger charge is 2.46. The van der Waals surface area contributed by atoms with Gasteiger partial charge in [-0.1, -0.05) is 66.7 Å². The molecule has 0 amide bonds. The molecule has 2 atom stereocenters. The van der Waals surface area contributed by atoms with Gasteiger partial charge in [-0.05, 0) is 66.6 Å². The van der Waals surface area contributed by atoms with E-state index in [1.807, 2.05) is 12.1 Å². The highest BCUT2D eigenvalue weighted by atomic mass is 16.3. The Kier molecular flexibility index (Phi) is 4.44. The van der Waals surface area contributed by atoms with Gasteiger partial charge in [-0.15, -0.1) is 0 Å². The SMILES string of the molecule is Oc1ccc2c(c1)C1(c3ccccc3)CCN(CCc3ccccc3)C(C2)C1. The molecule has 0 saturated carbocycles. The number of piperidine rings is 1. The van der Waals surface area contributed by atoms with Crippen LogP contribution in [-0.2, 0) is 18.3 Å². The van der Waals surface area contributed by atoms with Crippen molar-refractivity contribution in [2.75, 3.05) is 13.1 Å². The number of aromatic hydroxyl groups is 1. The highest BCUT2D eigenvalue weighted by Crippen LogP contribution is 2.49. The molecule has 2 heteroatoms. The maximum atomic E-state index is 10.2. The number of phenols is 1. The Hall–Kier alpha value is -2.58. The summed E-state index contributed by atoms with van der Waals surface area (Å²) >= 11 is 0. The second-order valence-electron chi connectivity index (χ2n) is 8.37. The number of rotatable bonds is 4. The number of fused-ring (bicyclic) bond motifs is 4. The van der Waals surface area contributed by atoms with Crippen LogP contribution >= 0.6 is 0 Å². The summed E-state index contributed by atoms with van der Waals surface area (Å²) < 4.78 is 0. The lowest BCUT2D eigenvalue weighted by molar-refractivity contribution is 0.0970. The van der Waals surface area contributed by atoms with Crippen molar-refractivity contribution in [3.8, 4) is 5.75 Å². The smallest absolute Gasteiger partial charge is 0.115 e. The molecule has 1 N–H and O–H groups in total. The van der Waals surface area contributed by atoms with Crippen LogP contribution in [0.5, 0.6) is 5.75 Å². The third-order valence-corrected chi connectivity index (χ3v) is 6.85. The molecule has 1 fully saturated rings. The zero-order valence-corrected chi connectivity index (χ0v) is 16.2. The van der Waals surface area contributed by atoms with E-state index in [0.29, 0.717) is 11.8 Å². The average molecular weight is 370 g/mol. The monoisotopic (exact) mass is 369 g/mol. The molecule has 0 aromatic heterocycles. The fourth-order valence-corrected chi connectivity index (χ4v) is 5.42. The Morgan fingerprint density at radius 1 is 0.929 bits per heavy atom. The molecule has 3 aromatic carbocycles. The van der Waals surface area contributed by atoms with Crippen LogP contribution in [0, 0.1) is 0 Å². The maximum Gasteiger partial charge on any atom is 0.115 e. The fourth-order valence-electron chi connectivity index (χ4n) is 5.42. The first kappa shape index (κ1) is 17.5. The largest absolute Gasteiger partial charge is 0.508 e. The Morgan fingerprint density at radius 2 is 1.68 bits per heavy atom. The zero-order chi connectivity index (χ0) is 19.0. The molecule has 1 heterocycles. The van der Waals surface area contributed by atoms with Gasteiger partial charge in [0.05, 0.1) is 0 Å². The molecule has 5 rings (SSSR count). The van der Waals surface area contributed by atoms with Crippen LogP contribution in [0.3, 0.4) is 0 Å². The standard InChI is InChI=1S/C26H27NO/c28-24-12-11-21-17-23-19-26(25(21)18-24,22-9-5-2-6-10-22)14-16-27(23)15-13-20-7-3-1-4-8-20/h1-12,18,23,28H,13-17,19H2. The van der Waals surface area contributed by atoms with Crippen LogP contribution in [0.25, 0.3) is 0 Å². The van der Waals surface area contributed by atoms with Gasteiger partial charge >= 0.3 is 0 Å². The molecule has 3 aromatic rings. The van der Waals surface area contributed by atoms with Gasteiger partial charge in [-0.2, -0.15) is 0 Å². The van der Waals surface area contributed by atoms with Crippen molar-refractivity contribution in [3.05, 3.63) is 101 Å². The molecule has 1 aliphatic carbocycles. The maximum absolute atomic E-state index is 10.2. The van der Waals surface area contributed by atoms with Crippen LogP contribution in [0.15, 0.2) is 78.9 Å². The normalized spacial score (nSPS) is 23.9. The summed E-state index contributed by atoms with van der Waals surface area (Å²) in [5, 5.41) is 10.2. The molecule has 1 saturated heterocycles. The van der Waals surface area contributed by atoms with Gasteiger partial charge in [0.15, 0.2) is 0 Å². The van der Waals surface area contributed by atoms with E-state index in [-0.39, 0.29) is 5.41 Å². The van der Waals surface area contributed by atoms with Crippen molar-refractivity contribution in [2.45, 2.75) is 37.1 Å². The van der Waals surface area contributed by atoms with Crippen molar-refractivity contribution >= 4 is 0 Å². The minimum atomic E-state index is 0.0293. The van der Waals surface area contributed by atoms with Gasteiger partial charge < -0.3 is 5.11 Å². The molecule has 28 heavy (non-hydrogen) atoms. The molecular formula is C26H27NO.